The summed E-state index contributed by atoms with van der Waals surface area (Å²) in [6.45, 7) is 5.45. The third-order valence-electron chi connectivity index (χ3n) is 3.55. The van der Waals surface area contributed by atoms with Crippen LogP contribution in [0.3, 0.4) is 0 Å². The van der Waals surface area contributed by atoms with E-state index in [1.165, 1.54) is 56.2 Å². The number of unbranched alkanes of at least 4 members (excludes halogenated alkanes) is 6. The van der Waals surface area contributed by atoms with Gasteiger partial charge in [-0.1, -0.05) is 70.4 Å². The average Bonchev–Trinajstić information content (AvgIpc) is 2.76. The van der Waals surface area contributed by atoms with Crippen molar-refractivity contribution in [3.05, 3.63) is 19.8 Å². The first-order valence-corrected chi connectivity index (χ1v) is 9.85. The van der Waals surface area contributed by atoms with Gasteiger partial charge in [0.25, 0.3) is 0 Å². The maximum atomic E-state index is 6.15. The molecule has 0 saturated carbocycles. The van der Waals surface area contributed by atoms with Gasteiger partial charge in [-0.2, -0.15) is 0 Å². The van der Waals surface area contributed by atoms with Crippen molar-refractivity contribution in [1.82, 2.24) is 5.32 Å². The lowest BCUT2D eigenvalue weighted by atomic mass is 10.0. The largest absolute Gasteiger partial charge is 0.310 e. The number of nitrogens with one attached hydrogen (secondary N) is 1. The molecule has 0 aliphatic carbocycles. The molecular weight excluding hydrogens is 354 g/mol. The summed E-state index contributed by atoms with van der Waals surface area (Å²) in [6, 6.07) is 2.63. The Balaban J connectivity index is 2.29. The fourth-order valence-corrected chi connectivity index (χ4v) is 4.28. The number of rotatable bonds is 11. The fraction of sp³-hybridized carbons (Fsp3) is 0.750. The van der Waals surface area contributed by atoms with Gasteiger partial charge in [-0.05, 0) is 35.0 Å². The molecule has 0 saturated heterocycles. The molecule has 1 aromatic rings. The van der Waals surface area contributed by atoms with E-state index in [2.05, 4.69) is 41.2 Å². The Morgan fingerprint density at radius 1 is 1.15 bits per heavy atom. The predicted octanol–water partition coefficient (Wildman–Crippen LogP) is 6.96. The van der Waals surface area contributed by atoms with Gasteiger partial charge in [0.05, 0.1) is 0 Å². The van der Waals surface area contributed by atoms with E-state index in [4.69, 9.17) is 11.6 Å². The van der Waals surface area contributed by atoms with Crippen LogP contribution in [0, 0.1) is 0 Å². The molecule has 20 heavy (non-hydrogen) atoms. The molecule has 0 radical (unpaired) electrons. The van der Waals surface area contributed by atoms with Crippen LogP contribution >= 0.6 is 38.9 Å². The van der Waals surface area contributed by atoms with Crippen molar-refractivity contribution < 1.29 is 0 Å². The van der Waals surface area contributed by atoms with Crippen LogP contribution in [0.5, 0.6) is 0 Å². The maximum Gasteiger partial charge on any atom is 0.107 e. The zero-order valence-corrected chi connectivity index (χ0v) is 15.8. The van der Waals surface area contributed by atoms with Crippen molar-refractivity contribution in [2.24, 2.45) is 0 Å². The lowest BCUT2D eigenvalue weighted by Gasteiger charge is -2.16. The van der Waals surface area contributed by atoms with Crippen LogP contribution in [-0.4, -0.2) is 6.54 Å². The van der Waals surface area contributed by atoms with Crippen molar-refractivity contribution >= 4 is 38.9 Å². The zero-order valence-electron chi connectivity index (χ0n) is 12.7. The van der Waals surface area contributed by atoms with Crippen LogP contribution in [-0.2, 0) is 0 Å². The summed E-state index contributed by atoms with van der Waals surface area (Å²) in [4.78, 5) is 1.36. The van der Waals surface area contributed by atoms with E-state index in [0.717, 1.165) is 15.4 Å². The molecule has 0 aliphatic heterocycles. The Morgan fingerprint density at radius 3 is 2.35 bits per heavy atom. The maximum absolute atomic E-state index is 6.15. The Morgan fingerprint density at radius 2 is 1.80 bits per heavy atom. The Labute approximate surface area is 141 Å². The highest BCUT2D eigenvalue weighted by atomic mass is 79.9. The second-order valence-electron chi connectivity index (χ2n) is 5.29. The molecule has 1 N–H and O–H groups in total. The normalized spacial score (nSPS) is 12.8. The van der Waals surface area contributed by atoms with E-state index in [1.807, 2.05) is 0 Å². The van der Waals surface area contributed by atoms with Crippen LogP contribution in [0.2, 0.25) is 4.34 Å². The second kappa shape index (κ2) is 11.1. The zero-order chi connectivity index (χ0) is 14.8. The summed E-state index contributed by atoms with van der Waals surface area (Å²) < 4.78 is 1.89. The van der Waals surface area contributed by atoms with Crippen LogP contribution < -0.4 is 5.32 Å². The number of thiophene rings is 1. The van der Waals surface area contributed by atoms with Crippen molar-refractivity contribution in [3.63, 3.8) is 0 Å². The summed E-state index contributed by atoms with van der Waals surface area (Å²) in [7, 11) is 0. The quantitative estimate of drug-likeness (QED) is 0.409. The minimum atomic E-state index is 0.462. The van der Waals surface area contributed by atoms with E-state index in [0.29, 0.717) is 6.04 Å². The molecule has 0 aromatic carbocycles. The van der Waals surface area contributed by atoms with Gasteiger partial charge >= 0.3 is 0 Å². The van der Waals surface area contributed by atoms with Gasteiger partial charge in [0.15, 0.2) is 0 Å². The minimum Gasteiger partial charge on any atom is -0.310 e. The molecule has 0 aliphatic rings. The second-order valence-corrected chi connectivity index (χ2v) is 7.83. The van der Waals surface area contributed by atoms with Gasteiger partial charge in [0, 0.05) is 15.4 Å². The lowest BCUT2D eigenvalue weighted by Crippen LogP contribution is -2.19. The summed E-state index contributed by atoms with van der Waals surface area (Å²) in [6.07, 6.45) is 10.8. The molecule has 1 unspecified atom stereocenters. The smallest absolute Gasteiger partial charge is 0.107 e. The van der Waals surface area contributed by atoms with Gasteiger partial charge in [-0.3, -0.25) is 0 Å². The molecule has 116 valence electrons. The standard InChI is InChI=1S/C16H27BrClNS/c1-3-5-6-7-8-9-10-11-14(19-4-2)15-12-13(17)16(18)20-15/h12,14,19H,3-11H2,1-2H3. The summed E-state index contributed by atoms with van der Waals surface area (Å²) in [5, 5.41) is 3.58. The molecule has 1 nitrogen and oxygen atoms in total. The van der Waals surface area contributed by atoms with E-state index in [9.17, 15) is 0 Å². The van der Waals surface area contributed by atoms with E-state index < -0.39 is 0 Å². The third-order valence-corrected chi connectivity index (χ3v) is 6.14. The highest BCUT2D eigenvalue weighted by Crippen LogP contribution is 2.36. The van der Waals surface area contributed by atoms with Crippen molar-refractivity contribution in [1.29, 1.82) is 0 Å². The summed E-state index contributed by atoms with van der Waals surface area (Å²) in [5.74, 6) is 0. The Kier molecular flexibility index (Phi) is 10.2. The van der Waals surface area contributed by atoms with E-state index in [1.54, 1.807) is 11.3 Å². The number of hydrogen-bond donors (Lipinski definition) is 1. The summed E-state index contributed by atoms with van der Waals surface area (Å²) >= 11 is 11.3. The lowest BCUT2D eigenvalue weighted by molar-refractivity contribution is 0.481. The molecule has 0 amide bonds. The summed E-state index contributed by atoms with van der Waals surface area (Å²) in [5.41, 5.74) is 0. The van der Waals surface area contributed by atoms with Crippen molar-refractivity contribution in [2.45, 2.75) is 71.3 Å². The topological polar surface area (TPSA) is 12.0 Å². The van der Waals surface area contributed by atoms with Gasteiger partial charge in [0.1, 0.15) is 4.34 Å². The predicted molar refractivity (Wildman–Crippen MR) is 96.1 cm³/mol. The molecule has 1 aromatic heterocycles. The van der Waals surface area contributed by atoms with Crippen LogP contribution in [0.15, 0.2) is 10.5 Å². The number of halogens is 2. The minimum absolute atomic E-state index is 0.462. The Hall–Kier alpha value is 0.430. The van der Waals surface area contributed by atoms with Gasteiger partial charge < -0.3 is 5.32 Å². The van der Waals surface area contributed by atoms with E-state index >= 15 is 0 Å². The van der Waals surface area contributed by atoms with Gasteiger partial charge in [-0.25, -0.2) is 0 Å². The van der Waals surface area contributed by atoms with Crippen LogP contribution in [0.25, 0.3) is 0 Å². The molecule has 1 heterocycles. The van der Waals surface area contributed by atoms with Gasteiger partial charge in [0.2, 0.25) is 0 Å². The van der Waals surface area contributed by atoms with Crippen molar-refractivity contribution in [3.8, 4) is 0 Å². The van der Waals surface area contributed by atoms with Crippen LogP contribution in [0.4, 0.5) is 0 Å². The molecule has 1 atom stereocenters. The van der Waals surface area contributed by atoms with Crippen LogP contribution in [0.1, 0.15) is 76.1 Å². The fourth-order valence-electron chi connectivity index (χ4n) is 2.43. The monoisotopic (exact) mass is 379 g/mol. The SMILES string of the molecule is CCCCCCCCCC(NCC)c1cc(Br)c(Cl)s1. The molecule has 1 rings (SSSR count). The highest BCUT2D eigenvalue weighted by molar-refractivity contribution is 9.10. The Bertz CT molecular complexity index is 348. The number of hydrogen-bond acceptors (Lipinski definition) is 2. The molecular formula is C16H27BrClNS. The molecule has 0 fully saturated rings. The average molecular weight is 381 g/mol. The van der Waals surface area contributed by atoms with E-state index in [-0.39, 0.29) is 0 Å². The first kappa shape index (κ1) is 18.5. The molecule has 0 bridgehead atoms. The first-order valence-electron chi connectivity index (χ1n) is 7.87. The first-order chi connectivity index (χ1) is 9.69. The highest BCUT2D eigenvalue weighted by Gasteiger charge is 2.14. The third kappa shape index (κ3) is 6.93. The van der Waals surface area contributed by atoms with Gasteiger partial charge in [-0.15, -0.1) is 11.3 Å². The molecule has 4 heteroatoms. The van der Waals surface area contributed by atoms with Crippen molar-refractivity contribution in [2.75, 3.05) is 6.54 Å². The molecule has 0 spiro atoms.